The fraction of sp³-hybridized carbons (Fsp3) is 0.778. The van der Waals surface area contributed by atoms with Crippen LogP contribution in [0, 0.1) is 36.5 Å². The third kappa shape index (κ3) is 44.0. The van der Waals surface area contributed by atoms with E-state index in [1.165, 1.54) is 100 Å². The first-order valence-corrected chi connectivity index (χ1v) is 24.5. The number of likely N-dealkylation sites (tertiary alicyclic amines) is 1. The Kier molecular flexibility index (Phi) is 41.6. The van der Waals surface area contributed by atoms with Crippen LogP contribution in [0.3, 0.4) is 0 Å². The molecule has 1 saturated heterocycles. The summed E-state index contributed by atoms with van der Waals surface area (Å²) in [5.41, 5.74) is 10.6. The lowest BCUT2D eigenvalue weighted by molar-refractivity contribution is 0.0133. The third-order valence-corrected chi connectivity index (χ3v) is 10.5. The van der Waals surface area contributed by atoms with Gasteiger partial charge in [0, 0.05) is 24.9 Å². The van der Waals surface area contributed by atoms with Crippen LogP contribution in [-0.2, 0) is 27.1 Å². The standard InChI is InChI=1S/C15H32O3.C12H18.C11H17N.C9H19N.C7H16/c1-4-5-9-16-11-13-18-14-12-17-10-7-6-8-15(2)3;1-10(2)4-7-12-8-5-11(3)6-9-12;1-9(2)3-4-10-5-7-11(12)8-6-10;1-8(2)10-6-4-9(3)5-7-10;1-4-5-6-7(2)3/h15H,4-14H2,1-3H3;5-6,8-10H,4,7H2,1-3H3;5-9H,3-4,12H2,1-2H3;8-9H,4-7H2,1-3H3;7H,4-6H2,1-3H3. The Morgan fingerprint density at radius 2 is 0.915 bits per heavy atom. The van der Waals surface area contributed by atoms with Crippen LogP contribution >= 0.6 is 0 Å². The van der Waals surface area contributed by atoms with E-state index >= 15 is 0 Å². The van der Waals surface area contributed by atoms with Crippen LogP contribution in [0.4, 0.5) is 5.69 Å². The Hall–Kier alpha value is -1.92. The fourth-order valence-electron chi connectivity index (χ4n) is 6.05. The molecule has 59 heavy (non-hydrogen) atoms. The Morgan fingerprint density at radius 3 is 1.31 bits per heavy atom. The average molecular weight is 827 g/mol. The molecule has 2 N–H and O–H groups in total. The molecule has 0 aromatic heterocycles. The van der Waals surface area contributed by atoms with Crippen LogP contribution < -0.4 is 5.73 Å². The molecule has 0 spiro atoms. The van der Waals surface area contributed by atoms with Crippen molar-refractivity contribution >= 4 is 5.69 Å². The maximum Gasteiger partial charge on any atom is 0.0701 e. The van der Waals surface area contributed by atoms with Gasteiger partial charge in [-0.1, -0.05) is 157 Å². The topological polar surface area (TPSA) is 57.0 Å². The van der Waals surface area contributed by atoms with Crippen molar-refractivity contribution in [1.29, 1.82) is 0 Å². The molecular weight excluding hydrogens is 725 g/mol. The van der Waals surface area contributed by atoms with Gasteiger partial charge in [-0.25, -0.2) is 0 Å². The molecule has 346 valence electrons. The zero-order valence-corrected chi connectivity index (χ0v) is 41.9. The van der Waals surface area contributed by atoms with Gasteiger partial charge in [0.05, 0.1) is 26.4 Å². The van der Waals surface area contributed by atoms with Gasteiger partial charge in [-0.05, 0) is 138 Å². The van der Waals surface area contributed by atoms with Crippen molar-refractivity contribution < 1.29 is 14.2 Å². The lowest BCUT2D eigenvalue weighted by Gasteiger charge is -2.33. The van der Waals surface area contributed by atoms with E-state index in [2.05, 4.69) is 138 Å². The van der Waals surface area contributed by atoms with Crippen molar-refractivity contribution in [3.63, 3.8) is 0 Å². The summed E-state index contributed by atoms with van der Waals surface area (Å²) >= 11 is 0. The molecule has 2 aromatic carbocycles. The second-order valence-electron chi connectivity index (χ2n) is 19.0. The molecular formula is C54H102N2O3. The zero-order chi connectivity index (χ0) is 44.7. The summed E-state index contributed by atoms with van der Waals surface area (Å²) in [5, 5.41) is 0. The summed E-state index contributed by atoms with van der Waals surface area (Å²) in [4.78, 5) is 2.57. The molecule has 5 nitrogen and oxygen atoms in total. The number of aryl methyl sites for hydroxylation is 3. The minimum Gasteiger partial charge on any atom is -0.399 e. The smallest absolute Gasteiger partial charge is 0.0701 e. The molecule has 2 aromatic rings. The van der Waals surface area contributed by atoms with Crippen LogP contribution in [-0.4, -0.2) is 63.7 Å². The van der Waals surface area contributed by atoms with E-state index < -0.39 is 0 Å². The highest BCUT2D eigenvalue weighted by Crippen LogP contribution is 2.17. The quantitative estimate of drug-likeness (QED) is 0.0844. The minimum atomic E-state index is 0.681. The number of piperidine rings is 1. The van der Waals surface area contributed by atoms with Gasteiger partial charge >= 0.3 is 0 Å². The largest absolute Gasteiger partial charge is 0.399 e. The molecule has 0 bridgehead atoms. The number of nitrogens with zero attached hydrogens (tertiary/aromatic N) is 1. The molecule has 1 fully saturated rings. The lowest BCUT2D eigenvalue weighted by atomic mass is 9.98. The summed E-state index contributed by atoms with van der Waals surface area (Å²) in [6.07, 6.45) is 17.9. The van der Waals surface area contributed by atoms with Gasteiger partial charge < -0.3 is 24.8 Å². The molecule has 0 radical (unpaired) electrons. The van der Waals surface area contributed by atoms with Gasteiger partial charge in [0.2, 0.25) is 0 Å². The number of unbranched alkanes of at least 4 members (excludes halogenated alkanes) is 3. The molecule has 1 heterocycles. The van der Waals surface area contributed by atoms with Gasteiger partial charge in [-0.3, -0.25) is 0 Å². The molecule has 3 rings (SSSR count). The second kappa shape index (κ2) is 41.4. The Balaban J connectivity index is 0. The van der Waals surface area contributed by atoms with Crippen molar-refractivity contribution in [1.82, 2.24) is 4.90 Å². The van der Waals surface area contributed by atoms with Gasteiger partial charge in [-0.15, -0.1) is 0 Å². The summed E-state index contributed by atoms with van der Waals surface area (Å²) in [5.74, 6) is 4.27. The number of hydrogen-bond acceptors (Lipinski definition) is 5. The van der Waals surface area contributed by atoms with Gasteiger partial charge in [-0.2, -0.15) is 0 Å². The summed E-state index contributed by atoms with van der Waals surface area (Å²) < 4.78 is 16.3. The van der Waals surface area contributed by atoms with E-state index in [-0.39, 0.29) is 0 Å². The van der Waals surface area contributed by atoms with Crippen molar-refractivity contribution in [3.05, 3.63) is 65.2 Å². The molecule has 0 aliphatic carbocycles. The maximum absolute atomic E-state index is 5.58. The van der Waals surface area contributed by atoms with E-state index in [1.54, 1.807) is 0 Å². The number of benzene rings is 2. The number of hydrogen-bond donors (Lipinski definition) is 1. The van der Waals surface area contributed by atoms with Crippen molar-refractivity contribution in [2.45, 2.75) is 193 Å². The highest BCUT2D eigenvalue weighted by Gasteiger charge is 2.17. The van der Waals surface area contributed by atoms with E-state index in [1.807, 2.05) is 12.1 Å². The summed E-state index contributed by atoms with van der Waals surface area (Å²) in [6, 6.07) is 17.8. The number of nitrogen functional groups attached to an aromatic ring is 1. The monoisotopic (exact) mass is 827 g/mol. The molecule has 0 amide bonds. The Labute approximate surface area is 369 Å². The molecule has 1 aliphatic rings. The molecule has 0 unspecified atom stereocenters. The average Bonchev–Trinajstić information content (AvgIpc) is 3.19. The van der Waals surface area contributed by atoms with Crippen molar-refractivity contribution in [2.75, 3.05) is 58.5 Å². The predicted molar refractivity (Wildman–Crippen MR) is 264 cm³/mol. The highest BCUT2D eigenvalue weighted by atomic mass is 16.5. The van der Waals surface area contributed by atoms with Crippen molar-refractivity contribution in [3.8, 4) is 0 Å². The molecule has 5 heteroatoms. The van der Waals surface area contributed by atoms with Crippen LogP contribution in [0.5, 0.6) is 0 Å². The Bertz CT molecular complexity index is 1050. The fourth-order valence-corrected chi connectivity index (χ4v) is 6.05. The SMILES string of the molecule is CC(C)CCc1ccc(N)cc1.CC1CCN(C(C)C)CC1.CCCCC(C)C.CCCCOCCOCCOCCCCC(C)C.Cc1ccc(CCC(C)C)cc1. The third-order valence-electron chi connectivity index (χ3n) is 10.5. The zero-order valence-electron chi connectivity index (χ0n) is 41.9. The van der Waals surface area contributed by atoms with Gasteiger partial charge in [0.15, 0.2) is 0 Å². The number of nitrogens with two attached hydrogens (primary N) is 1. The maximum atomic E-state index is 5.58. The molecule has 1 aliphatic heterocycles. The number of ether oxygens (including phenoxy) is 3. The number of anilines is 1. The van der Waals surface area contributed by atoms with Crippen molar-refractivity contribution in [2.24, 2.45) is 29.6 Å². The van der Waals surface area contributed by atoms with Gasteiger partial charge in [0.25, 0.3) is 0 Å². The van der Waals surface area contributed by atoms with E-state index in [0.717, 1.165) is 73.8 Å². The minimum absolute atomic E-state index is 0.681. The van der Waals surface area contributed by atoms with E-state index in [0.29, 0.717) is 26.4 Å². The first-order chi connectivity index (χ1) is 28.1. The Morgan fingerprint density at radius 1 is 0.525 bits per heavy atom. The van der Waals surface area contributed by atoms with E-state index in [9.17, 15) is 0 Å². The highest BCUT2D eigenvalue weighted by molar-refractivity contribution is 5.39. The normalized spacial score (nSPS) is 13.1. The van der Waals surface area contributed by atoms with Crippen LogP contribution in [0.25, 0.3) is 0 Å². The molecule has 0 atom stereocenters. The predicted octanol–water partition coefficient (Wildman–Crippen LogP) is 15.1. The molecule has 0 saturated carbocycles. The lowest BCUT2D eigenvalue weighted by Crippen LogP contribution is -2.37. The first-order valence-electron chi connectivity index (χ1n) is 24.5. The first kappa shape index (κ1) is 59.2. The van der Waals surface area contributed by atoms with Crippen LogP contribution in [0.2, 0.25) is 0 Å². The van der Waals surface area contributed by atoms with E-state index in [4.69, 9.17) is 19.9 Å². The summed E-state index contributed by atoms with van der Waals surface area (Å²) in [6.45, 7) is 38.7. The second-order valence-corrected chi connectivity index (χ2v) is 19.0. The number of rotatable bonds is 24. The van der Waals surface area contributed by atoms with Crippen LogP contribution in [0.15, 0.2) is 48.5 Å². The summed E-state index contributed by atoms with van der Waals surface area (Å²) in [7, 11) is 0. The van der Waals surface area contributed by atoms with Gasteiger partial charge in [0.1, 0.15) is 0 Å². The van der Waals surface area contributed by atoms with Crippen LogP contribution in [0.1, 0.15) is 184 Å².